The Balaban J connectivity index is 0.00000180. The standard InChI is InChI=1S/C30H32F2N2.2ClH/c1-22-6-7-23(29-5-3-2-4-28(22)29)16-17-33-18-20-34(21-19-33)30(24-8-12-26(31)13-9-24)25-10-14-27(32)15-11-25;;/h2-5,8-16,22,30H,6-7,17-21H2,1H3;2*1H/b23-16-;;. The minimum Gasteiger partial charge on any atom is -0.297 e. The minimum absolute atomic E-state index is 0. The van der Waals surface area contributed by atoms with Crippen molar-refractivity contribution in [2.75, 3.05) is 32.7 Å². The summed E-state index contributed by atoms with van der Waals surface area (Å²) in [7, 11) is 0. The molecular formula is C30H34Cl2F2N2. The molecule has 6 heteroatoms. The monoisotopic (exact) mass is 530 g/mol. The summed E-state index contributed by atoms with van der Waals surface area (Å²) in [6, 6.07) is 22.3. The molecule has 5 rings (SSSR count). The van der Waals surface area contributed by atoms with Gasteiger partial charge in [-0.2, -0.15) is 0 Å². The summed E-state index contributed by atoms with van der Waals surface area (Å²) in [5, 5.41) is 0. The summed E-state index contributed by atoms with van der Waals surface area (Å²) in [6.07, 6.45) is 4.79. The number of hydrogen-bond acceptors (Lipinski definition) is 2. The summed E-state index contributed by atoms with van der Waals surface area (Å²) in [6.45, 7) is 7.06. The fourth-order valence-electron chi connectivity index (χ4n) is 5.44. The first-order chi connectivity index (χ1) is 16.6. The van der Waals surface area contributed by atoms with Crippen molar-refractivity contribution in [3.63, 3.8) is 0 Å². The molecule has 1 heterocycles. The van der Waals surface area contributed by atoms with E-state index in [1.54, 1.807) is 0 Å². The quantitative estimate of drug-likeness (QED) is 0.337. The SMILES string of the molecule is CC1CC/C(=C/CN2CCN(C(c3ccc(F)cc3)c3ccc(F)cc3)CC2)c2ccccc21.Cl.Cl. The molecule has 1 unspecified atom stereocenters. The van der Waals surface area contributed by atoms with Gasteiger partial charge in [0, 0.05) is 32.7 Å². The summed E-state index contributed by atoms with van der Waals surface area (Å²) in [4.78, 5) is 4.94. The zero-order valence-electron chi connectivity index (χ0n) is 20.6. The van der Waals surface area contributed by atoms with Crippen molar-refractivity contribution in [2.24, 2.45) is 0 Å². The van der Waals surface area contributed by atoms with Gasteiger partial charge in [0.1, 0.15) is 11.6 Å². The molecular weight excluding hydrogens is 497 g/mol. The van der Waals surface area contributed by atoms with Crippen LogP contribution in [0.4, 0.5) is 8.78 Å². The van der Waals surface area contributed by atoms with Gasteiger partial charge in [0.05, 0.1) is 6.04 Å². The largest absolute Gasteiger partial charge is 0.297 e. The van der Waals surface area contributed by atoms with Crippen LogP contribution in [0.1, 0.15) is 54.0 Å². The number of nitrogens with zero attached hydrogens (tertiary/aromatic N) is 2. The number of allylic oxidation sites excluding steroid dienone is 1. The molecule has 0 N–H and O–H groups in total. The lowest BCUT2D eigenvalue weighted by molar-refractivity contribution is 0.117. The number of benzene rings is 3. The van der Waals surface area contributed by atoms with Gasteiger partial charge in [0.2, 0.25) is 0 Å². The molecule has 3 aromatic rings. The average Bonchev–Trinajstić information content (AvgIpc) is 2.87. The van der Waals surface area contributed by atoms with Crippen LogP contribution < -0.4 is 0 Å². The molecule has 2 nitrogen and oxygen atoms in total. The Morgan fingerprint density at radius 1 is 0.806 bits per heavy atom. The zero-order chi connectivity index (χ0) is 23.5. The van der Waals surface area contributed by atoms with Crippen molar-refractivity contribution in [2.45, 2.75) is 31.7 Å². The smallest absolute Gasteiger partial charge is 0.123 e. The van der Waals surface area contributed by atoms with Crippen molar-refractivity contribution in [3.8, 4) is 0 Å². The van der Waals surface area contributed by atoms with Crippen LogP contribution in [0.2, 0.25) is 0 Å². The molecule has 0 bridgehead atoms. The maximum Gasteiger partial charge on any atom is 0.123 e. The molecule has 0 spiro atoms. The Bertz CT molecular complexity index is 1090. The highest BCUT2D eigenvalue weighted by Crippen LogP contribution is 2.37. The summed E-state index contributed by atoms with van der Waals surface area (Å²) in [5.41, 5.74) is 6.46. The molecule has 2 aliphatic rings. The van der Waals surface area contributed by atoms with Gasteiger partial charge in [-0.05, 0) is 70.9 Å². The topological polar surface area (TPSA) is 6.48 Å². The van der Waals surface area contributed by atoms with Gasteiger partial charge >= 0.3 is 0 Å². The van der Waals surface area contributed by atoms with E-state index in [4.69, 9.17) is 0 Å². The van der Waals surface area contributed by atoms with Gasteiger partial charge in [-0.1, -0.05) is 61.5 Å². The molecule has 0 amide bonds. The molecule has 1 aliphatic heterocycles. The first-order valence-corrected chi connectivity index (χ1v) is 12.3. The molecule has 36 heavy (non-hydrogen) atoms. The predicted molar refractivity (Wildman–Crippen MR) is 149 cm³/mol. The van der Waals surface area contributed by atoms with E-state index in [-0.39, 0.29) is 42.5 Å². The second-order valence-corrected chi connectivity index (χ2v) is 9.60. The Morgan fingerprint density at radius 3 is 1.94 bits per heavy atom. The fourth-order valence-corrected chi connectivity index (χ4v) is 5.44. The Kier molecular flexibility index (Phi) is 10.1. The van der Waals surface area contributed by atoms with Crippen molar-refractivity contribution in [3.05, 3.63) is 113 Å². The fraction of sp³-hybridized carbons (Fsp3) is 0.333. The second kappa shape index (κ2) is 12.8. The Morgan fingerprint density at radius 2 is 1.36 bits per heavy atom. The number of halogens is 4. The lowest BCUT2D eigenvalue weighted by Crippen LogP contribution is -2.47. The van der Waals surface area contributed by atoms with Crippen LogP contribution in [-0.4, -0.2) is 42.5 Å². The third-order valence-electron chi connectivity index (χ3n) is 7.42. The van der Waals surface area contributed by atoms with Crippen LogP contribution in [0.5, 0.6) is 0 Å². The van der Waals surface area contributed by atoms with Crippen LogP contribution in [0, 0.1) is 11.6 Å². The van der Waals surface area contributed by atoms with Crippen molar-refractivity contribution in [1.29, 1.82) is 0 Å². The highest BCUT2D eigenvalue weighted by molar-refractivity contribution is 5.85. The summed E-state index contributed by atoms with van der Waals surface area (Å²) < 4.78 is 27.2. The molecule has 1 aliphatic carbocycles. The maximum atomic E-state index is 13.6. The van der Waals surface area contributed by atoms with E-state index >= 15 is 0 Å². The first-order valence-electron chi connectivity index (χ1n) is 12.3. The van der Waals surface area contributed by atoms with Gasteiger partial charge in [-0.3, -0.25) is 9.80 Å². The molecule has 1 fully saturated rings. The molecule has 3 aromatic carbocycles. The number of hydrogen-bond donors (Lipinski definition) is 0. The normalized spacial score (nSPS) is 19.4. The lowest BCUT2D eigenvalue weighted by atomic mass is 9.81. The van der Waals surface area contributed by atoms with Gasteiger partial charge in [-0.25, -0.2) is 8.78 Å². The van der Waals surface area contributed by atoms with Gasteiger partial charge in [0.25, 0.3) is 0 Å². The maximum absolute atomic E-state index is 13.6. The average molecular weight is 532 g/mol. The van der Waals surface area contributed by atoms with Crippen LogP contribution in [0.3, 0.4) is 0 Å². The van der Waals surface area contributed by atoms with Crippen molar-refractivity contribution >= 4 is 30.4 Å². The third kappa shape index (κ3) is 6.36. The Labute approximate surface area is 225 Å². The minimum atomic E-state index is -0.238. The van der Waals surface area contributed by atoms with Gasteiger partial charge in [0.15, 0.2) is 0 Å². The number of fused-ring (bicyclic) bond motifs is 1. The van der Waals surface area contributed by atoms with E-state index in [0.29, 0.717) is 5.92 Å². The van der Waals surface area contributed by atoms with Gasteiger partial charge < -0.3 is 0 Å². The number of piperazine rings is 1. The highest BCUT2D eigenvalue weighted by atomic mass is 35.5. The third-order valence-corrected chi connectivity index (χ3v) is 7.42. The molecule has 0 radical (unpaired) electrons. The molecule has 192 valence electrons. The second-order valence-electron chi connectivity index (χ2n) is 9.60. The zero-order valence-corrected chi connectivity index (χ0v) is 22.2. The summed E-state index contributed by atoms with van der Waals surface area (Å²) >= 11 is 0. The van der Waals surface area contributed by atoms with E-state index in [0.717, 1.165) is 50.3 Å². The van der Waals surface area contributed by atoms with Gasteiger partial charge in [-0.15, -0.1) is 24.8 Å². The van der Waals surface area contributed by atoms with Crippen LogP contribution in [0.15, 0.2) is 78.9 Å². The van der Waals surface area contributed by atoms with Crippen LogP contribution in [0.25, 0.3) is 5.57 Å². The molecule has 1 atom stereocenters. The molecule has 1 saturated heterocycles. The molecule has 0 saturated carbocycles. The van der Waals surface area contributed by atoms with Crippen molar-refractivity contribution < 1.29 is 8.78 Å². The van der Waals surface area contributed by atoms with Crippen molar-refractivity contribution in [1.82, 2.24) is 9.80 Å². The summed E-state index contributed by atoms with van der Waals surface area (Å²) in [5.74, 6) is 0.156. The van der Waals surface area contributed by atoms with E-state index in [1.165, 1.54) is 47.4 Å². The van der Waals surface area contributed by atoms with E-state index in [2.05, 4.69) is 47.1 Å². The molecule has 0 aromatic heterocycles. The lowest BCUT2D eigenvalue weighted by Gasteiger charge is -2.39. The number of rotatable bonds is 5. The highest BCUT2D eigenvalue weighted by Gasteiger charge is 2.27. The van der Waals surface area contributed by atoms with Crippen LogP contribution in [-0.2, 0) is 0 Å². The van der Waals surface area contributed by atoms with Crippen LogP contribution >= 0.6 is 24.8 Å². The van der Waals surface area contributed by atoms with E-state index in [9.17, 15) is 8.78 Å². The van der Waals surface area contributed by atoms with E-state index in [1.807, 2.05) is 24.3 Å². The predicted octanol–water partition coefficient (Wildman–Crippen LogP) is 7.50. The van der Waals surface area contributed by atoms with E-state index < -0.39 is 0 Å². The Hall–Kier alpha value is -2.24. The first kappa shape index (κ1) is 28.3.